The Morgan fingerprint density at radius 2 is 0.878 bits per heavy atom. The second-order valence-electron chi connectivity index (χ2n) is 10.7. The fourth-order valence-corrected chi connectivity index (χ4v) is 6.02. The van der Waals surface area contributed by atoms with Crippen LogP contribution in [0.5, 0.6) is 0 Å². The molecule has 0 saturated heterocycles. The molecule has 0 heterocycles. The van der Waals surface area contributed by atoms with E-state index in [-0.39, 0.29) is 0 Å². The summed E-state index contributed by atoms with van der Waals surface area (Å²) in [4.78, 5) is 2.31. The number of fused-ring (bicyclic) bond motifs is 3. The lowest BCUT2D eigenvalue weighted by Gasteiger charge is -2.25. The fraction of sp³-hybridized carbons (Fsp3) is 0.0500. The van der Waals surface area contributed by atoms with Gasteiger partial charge in [-0.1, -0.05) is 103 Å². The minimum absolute atomic E-state index is 1.14. The Morgan fingerprint density at radius 3 is 1.54 bits per heavy atom. The molecule has 0 unspecified atom stereocenters. The molecule has 0 amide bonds. The van der Waals surface area contributed by atoms with E-state index in [0.717, 1.165) is 17.1 Å². The monoisotopic (exact) mass is 525 g/mol. The molecular formula is C40H31N. The van der Waals surface area contributed by atoms with Crippen molar-refractivity contribution in [2.75, 3.05) is 4.90 Å². The van der Waals surface area contributed by atoms with Crippen molar-refractivity contribution in [3.05, 3.63) is 162 Å². The molecule has 0 radical (unpaired) electrons. The zero-order valence-corrected chi connectivity index (χ0v) is 23.4. The van der Waals surface area contributed by atoms with Gasteiger partial charge < -0.3 is 4.90 Å². The number of aryl methyl sites for hydroxylation is 2. The van der Waals surface area contributed by atoms with E-state index < -0.39 is 0 Å². The van der Waals surface area contributed by atoms with Crippen LogP contribution in [0.4, 0.5) is 17.1 Å². The van der Waals surface area contributed by atoms with Gasteiger partial charge in [0.15, 0.2) is 0 Å². The van der Waals surface area contributed by atoms with Gasteiger partial charge in [-0.15, -0.1) is 0 Å². The third kappa shape index (κ3) is 4.66. The van der Waals surface area contributed by atoms with Crippen molar-refractivity contribution >= 4 is 61.5 Å². The molecule has 0 fully saturated rings. The van der Waals surface area contributed by atoms with Crippen molar-refractivity contribution in [2.45, 2.75) is 13.8 Å². The van der Waals surface area contributed by atoms with Gasteiger partial charge in [0, 0.05) is 17.1 Å². The highest BCUT2D eigenvalue weighted by molar-refractivity contribution is 6.06. The van der Waals surface area contributed by atoms with E-state index in [1.807, 2.05) is 0 Å². The zero-order chi connectivity index (χ0) is 27.8. The molecule has 0 saturated carbocycles. The third-order valence-corrected chi connectivity index (χ3v) is 8.19. The van der Waals surface area contributed by atoms with Gasteiger partial charge in [-0.25, -0.2) is 0 Å². The van der Waals surface area contributed by atoms with Crippen LogP contribution in [0.25, 0.3) is 44.5 Å². The molecule has 0 aromatic heterocycles. The van der Waals surface area contributed by atoms with Gasteiger partial charge in [0.2, 0.25) is 0 Å². The zero-order valence-electron chi connectivity index (χ0n) is 23.4. The van der Waals surface area contributed by atoms with E-state index in [4.69, 9.17) is 0 Å². The Balaban J connectivity index is 1.22. The molecule has 0 spiro atoms. The molecule has 0 aliphatic rings. The van der Waals surface area contributed by atoms with Gasteiger partial charge in [0.25, 0.3) is 0 Å². The molecule has 196 valence electrons. The van der Waals surface area contributed by atoms with E-state index in [1.165, 1.54) is 54.6 Å². The maximum atomic E-state index is 2.33. The number of hydrogen-bond donors (Lipinski definition) is 0. The predicted octanol–water partition coefficient (Wildman–Crippen LogP) is 11.4. The summed E-state index contributed by atoms with van der Waals surface area (Å²) in [5, 5.41) is 7.80. The lowest BCUT2D eigenvalue weighted by atomic mass is 9.92. The van der Waals surface area contributed by atoms with Crippen molar-refractivity contribution in [3.63, 3.8) is 0 Å². The summed E-state index contributed by atoms with van der Waals surface area (Å²) >= 11 is 0. The summed E-state index contributed by atoms with van der Waals surface area (Å²) in [5.41, 5.74) is 8.54. The standard InChI is InChI=1S/C40H31N/c1-28-37-15-9-10-16-38(37)29(2)40-26-31(20-24-39(28)40)18-17-30-19-21-33-27-36(23-22-32(33)25-30)41(34-11-5-3-6-12-34)35-13-7-4-8-14-35/h3-27H,1-2H3/b18-17+. The molecule has 7 aromatic rings. The van der Waals surface area contributed by atoms with Crippen LogP contribution in [0.2, 0.25) is 0 Å². The second-order valence-corrected chi connectivity index (χ2v) is 10.7. The Morgan fingerprint density at radius 1 is 0.390 bits per heavy atom. The first-order valence-corrected chi connectivity index (χ1v) is 14.2. The molecule has 1 nitrogen and oxygen atoms in total. The SMILES string of the molecule is Cc1c2ccccc2c(C)c2cc(/C=C/c3ccc4cc(N(c5ccccc5)c5ccccc5)ccc4c3)ccc12. The molecule has 0 aliphatic heterocycles. The number of rotatable bonds is 5. The van der Waals surface area contributed by atoms with Crippen molar-refractivity contribution in [3.8, 4) is 0 Å². The molecule has 0 N–H and O–H groups in total. The van der Waals surface area contributed by atoms with Crippen LogP contribution in [0, 0.1) is 13.8 Å². The number of hydrogen-bond acceptors (Lipinski definition) is 1. The Hall–Kier alpha value is -5.14. The van der Waals surface area contributed by atoms with Crippen LogP contribution in [0.3, 0.4) is 0 Å². The number of nitrogens with zero attached hydrogens (tertiary/aromatic N) is 1. The van der Waals surface area contributed by atoms with Gasteiger partial charge >= 0.3 is 0 Å². The predicted molar refractivity (Wildman–Crippen MR) is 178 cm³/mol. The van der Waals surface area contributed by atoms with E-state index in [2.05, 4.69) is 170 Å². The summed E-state index contributed by atoms with van der Waals surface area (Å²) in [6.45, 7) is 4.48. The first-order valence-electron chi connectivity index (χ1n) is 14.2. The number of anilines is 3. The molecule has 0 atom stereocenters. The molecule has 7 rings (SSSR count). The van der Waals surface area contributed by atoms with E-state index in [9.17, 15) is 0 Å². The summed E-state index contributed by atoms with van der Waals surface area (Å²) < 4.78 is 0. The minimum Gasteiger partial charge on any atom is -0.310 e. The van der Waals surface area contributed by atoms with Gasteiger partial charge in [0.1, 0.15) is 0 Å². The van der Waals surface area contributed by atoms with Crippen LogP contribution in [-0.4, -0.2) is 0 Å². The molecule has 0 bridgehead atoms. The van der Waals surface area contributed by atoms with E-state index >= 15 is 0 Å². The lowest BCUT2D eigenvalue weighted by Crippen LogP contribution is -2.09. The average molecular weight is 526 g/mol. The van der Waals surface area contributed by atoms with Gasteiger partial charge in [-0.2, -0.15) is 0 Å². The van der Waals surface area contributed by atoms with Crippen molar-refractivity contribution in [1.29, 1.82) is 0 Å². The second kappa shape index (κ2) is 10.4. The minimum atomic E-state index is 1.14. The molecule has 1 heteroatoms. The molecule has 41 heavy (non-hydrogen) atoms. The quantitative estimate of drug-likeness (QED) is 0.160. The highest BCUT2D eigenvalue weighted by Gasteiger charge is 2.12. The summed E-state index contributed by atoms with van der Waals surface area (Å²) in [6, 6.07) is 50.1. The molecular weight excluding hydrogens is 494 g/mol. The van der Waals surface area contributed by atoms with Crippen molar-refractivity contribution < 1.29 is 0 Å². The summed E-state index contributed by atoms with van der Waals surface area (Å²) in [6.07, 6.45) is 4.45. The van der Waals surface area contributed by atoms with Gasteiger partial charge in [0.05, 0.1) is 0 Å². The first-order chi connectivity index (χ1) is 20.2. The number of benzene rings is 7. The van der Waals surface area contributed by atoms with E-state index in [0.29, 0.717) is 0 Å². The normalized spacial score (nSPS) is 11.6. The fourth-order valence-electron chi connectivity index (χ4n) is 6.02. The van der Waals surface area contributed by atoms with E-state index in [1.54, 1.807) is 0 Å². The van der Waals surface area contributed by atoms with Crippen LogP contribution >= 0.6 is 0 Å². The third-order valence-electron chi connectivity index (χ3n) is 8.19. The largest absolute Gasteiger partial charge is 0.310 e. The topological polar surface area (TPSA) is 3.24 Å². The summed E-state index contributed by atoms with van der Waals surface area (Å²) in [5.74, 6) is 0. The summed E-state index contributed by atoms with van der Waals surface area (Å²) in [7, 11) is 0. The van der Waals surface area contributed by atoms with Crippen LogP contribution in [-0.2, 0) is 0 Å². The van der Waals surface area contributed by atoms with Crippen LogP contribution in [0.1, 0.15) is 22.3 Å². The molecule has 7 aromatic carbocycles. The molecule has 0 aliphatic carbocycles. The maximum absolute atomic E-state index is 2.33. The van der Waals surface area contributed by atoms with Gasteiger partial charge in [-0.3, -0.25) is 0 Å². The smallest absolute Gasteiger partial charge is 0.0468 e. The highest BCUT2D eigenvalue weighted by atomic mass is 15.1. The van der Waals surface area contributed by atoms with Gasteiger partial charge in [-0.05, 0) is 117 Å². The Labute approximate surface area is 241 Å². The average Bonchev–Trinajstić information content (AvgIpc) is 3.03. The maximum Gasteiger partial charge on any atom is 0.0468 e. The van der Waals surface area contributed by atoms with Crippen molar-refractivity contribution in [1.82, 2.24) is 0 Å². The van der Waals surface area contributed by atoms with Crippen LogP contribution < -0.4 is 4.90 Å². The van der Waals surface area contributed by atoms with Crippen LogP contribution in [0.15, 0.2) is 140 Å². The first kappa shape index (κ1) is 24.9. The lowest BCUT2D eigenvalue weighted by molar-refractivity contribution is 1.29. The highest BCUT2D eigenvalue weighted by Crippen LogP contribution is 2.36. The number of para-hydroxylation sites is 2. The Kier molecular flexibility index (Phi) is 6.34. The Bertz CT molecular complexity index is 2010. The van der Waals surface area contributed by atoms with Crippen molar-refractivity contribution in [2.24, 2.45) is 0 Å².